The maximum atomic E-state index is 10.6. The fraction of sp³-hybridized carbons (Fsp3) is 0.286. The summed E-state index contributed by atoms with van der Waals surface area (Å²) in [5.74, 6) is -0.837. The van der Waals surface area contributed by atoms with Gasteiger partial charge in [0, 0.05) is 29.9 Å². The summed E-state index contributed by atoms with van der Waals surface area (Å²) < 4.78 is 0. The first kappa shape index (κ1) is 26.6. The summed E-state index contributed by atoms with van der Waals surface area (Å²) in [6.45, 7) is 2.04. The van der Waals surface area contributed by atoms with E-state index in [9.17, 15) is 14.4 Å². The minimum absolute atomic E-state index is 0.117. The fourth-order valence-corrected chi connectivity index (χ4v) is 2.01. The molecule has 164 valence electrons. The number of carboxylic acid groups (broad SMARTS) is 1. The van der Waals surface area contributed by atoms with Crippen LogP contribution in [0.15, 0.2) is 48.5 Å². The van der Waals surface area contributed by atoms with Crippen LogP contribution in [-0.4, -0.2) is 41.0 Å². The van der Waals surface area contributed by atoms with Gasteiger partial charge in [-0.3, -0.25) is 14.4 Å². The van der Waals surface area contributed by atoms with Gasteiger partial charge in [-0.15, -0.1) is 0 Å². The van der Waals surface area contributed by atoms with Crippen molar-refractivity contribution in [3.8, 4) is 5.75 Å². The van der Waals surface area contributed by atoms with E-state index in [0.29, 0.717) is 29.9 Å². The number of carbonyl (C=O) groups is 3. The van der Waals surface area contributed by atoms with E-state index >= 15 is 0 Å². The first-order valence-electron chi connectivity index (χ1n) is 9.25. The van der Waals surface area contributed by atoms with E-state index in [0.717, 1.165) is 19.1 Å². The molecule has 0 spiro atoms. The Hall–Kier alpha value is -3.43. The molecule has 2 aromatic rings. The normalized spacial score (nSPS) is 10.4. The van der Waals surface area contributed by atoms with Crippen molar-refractivity contribution in [2.75, 3.05) is 17.6 Å². The van der Waals surface area contributed by atoms with Gasteiger partial charge in [-0.05, 0) is 55.8 Å². The Labute approximate surface area is 175 Å². The van der Waals surface area contributed by atoms with Crippen molar-refractivity contribution in [1.82, 2.24) is 0 Å². The van der Waals surface area contributed by atoms with Crippen molar-refractivity contribution in [2.45, 2.75) is 32.2 Å². The molecular formula is C21H30N4O5. The fourth-order valence-electron chi connectivity index (χ4n) is 2.01. The second kappa shape index (κ2) is 15.5. The Morgan fingerprint density at radius 3 is 2.17 bits per heavy atom. The molecule has 0 unspecified atom stereocenters. The van der Waals surface area contributed by atoms with E-state index < -0.39 is 12.0 Å². The molecule has 0 fully saturated rings. The van der Waals surface area contributed by atoms with Crippen LogP contribution in [0.4, 0.5) is 11.4 Å². The molecule has 0 aromatic heterocycles. The third-order valence-electron chi connectivity index (χ3n) is 3.52. The maximum Gasteiger partial charge on any atom is 0.320 e. The Balaban J connectivity index is 0.000000429. The summed E-state index contributed by atoms with van der Waals surface area (Å²) in [4.78, 5) is 31.0. The van der Waals surface area contributed by atoms with Crippen LogP contribution in [0.5, 0.6) is 5.75 Å². The SMILES string of the molecule is CC(=O)Nc1ccc(C=O)cc1.NCCCC[C@H](N)C(=O)O.Nc1cccc(O)c1. The summed E-state index contributed by atoms with van der Waals surface area (Å²) in [5, 5.41) is 19.7. The summed E-state index contributed by atoms with van der Waals surface area (Å²) in [6.07, 6.45) is 2.93. The van der Waals surface area contributed by atoms with Gasteiger partial charge in [0.25, 0.3) is 0 Å². The number of nitrogens with two attached hydrogens (primary N) is 3. The largest absolute Gasteiger partial charge is 0.508 e. The lowest BCUT2D eigenvalue weighted by molar-refractivity contribution is -0.138. The van der Waals surface area contributed by atoms with E-state index in [-0.39, 0.29) is 11.7 Å². The van der Waals surface area contributed by atoms with Gasteiger partial charge >= 0.3 is 5.97 Å². The number of benzene rings is 2. The Morgan fingerprint density at radius 1 is 1.13 bits per heavy atom. The number of aliphatic carboxylic acids is 1. The van der Waals surface area contributed by atoms with Crippen molar-refractivity contribution < 1.29 is 24.6 Å². The summed E-state index contributed by atoms with van der Waals surface area (Å²) in [6, 6.07) is 12.5. The summed E-state index contributed by atoms with van der Waals surface area (Å²) >= 11 is 0. The Kier molecular flexibility index (Phi) is 13.7. The van der Waals surface area contributed by atoms with Gasteiger partial charge in [-0.2, -0.15) is 0 Å². The van der Waals surface area contributed by atoms with Crippen LogP contribution < -0.4 is 22.5 Å². The zero-order valence-electron chi connectivity index (χ0n) is 17.0. The van der Waals surface area contributed by atoms with Gasteiger partial charge in [0.2, 0.25) is 5.91 Å². The van der Waals surface area contributed by atoms with Crippen LogP contribution in [0, 0.1) is 0 Å². The molecule has 2 aromatic carbocycles. The van der Waals surface area contributed by atoms with Gasteiger partial charge in [0.05, 0.1) is 0 Å². The minimum atomic E-state index is -0.933. The number of anilines is 2. The van der Waals surface area contributed by atoms with E-state index in [1.807, 2.05) is 0 Å². The highest BCUT2D eigenvalue weighted by molar-refractivity contribution is 5.89. The highest BCUT2D eigenvalue weighted by Crippen LogP contribution is 2.11. The van der Waals surface area contributed by atoms with E-state index in [1.165, 1.54) is 13.0 Å². The van der Waals surface area contributed by atoms with Gasteiger partial charge in [0.1, 0.15) is 18.1 Å². The average Bonchev–Trinajstić information content (AvgIpc) is 2.69. The lowest BCUT2D eigenvalue weighted by Crippen LogP contribution is -2.29. The minimum Gasteiger partial charge on any atom is -0.508 e. The number of unbranched alkanes of at least 4 members (excludes halogenated alkanes) is 1. The second-order valence-electron chi connectivity index (χ2n) is 6.25. The Morgan fingerprint density at radius 2 is 1.77 bits per heavy atom. The van der Waals surface area contributed by atoms with Gasteiger partial charge in [0.15, 0.2) is 0 Å². The van der Waals surface area contributed by atoms with Gasteiger partial charge in [-0.25, -0.2) is 0 Å². The van der Waals surface area contributed by atoms with Crippen LogP contribution in [-0.2, 0) is 9.59 Å². The molecule has 0 aliphatic rings. The Bertz CT molecular complexity index is 764. The van der Waals surface area contributed by atoms with Gasteiger partial charge in [-0.1, -0.05) is 12.5 Å². The number of amides is 1. The zero-order chi connectivity index (χ0) is 22.9. The number of carbonyl (C=O) groups excluding carboxylic acids is 2. The standard InChI is InChI=1S/C9H9NO2.C6H14N2O2.C6H7NO/c1-7(12)10-9-4-2-8(6-11)3-5-9;7-4-2-1-3-5(8)6(9)10;7-5-2-1-3-6(8)4-5/h2-6H,1H3,(H,10,12);5H,1-4,7-8H2,(H,9,10);1-4,8H,7H2/t;5-;/m.0./s1. The topological polar surface area (TPSA) is 182 Å². The third-order valence-corrected chi connectivity index (χ3v) is 3.52. The molecule has 0 bridgehead atoms. The highest BCUT2D eigenvalue weighted by Gasteiger charge is 2.09. The molecule has 0 saturated heterocycles. The number of aldehydes is 1. The maximum absolute atomic E-state index is 10.6. The molecule has 9 N–H and O–H groups in total. The highest BCUT2D eigenvalue weighted by atomic mass is 16.4. The molecular weight excluding hydrogens is 388 g/mol. The van der Waals surface area contributed by atoms with Crippen molar-refractivity contribution >= 4 is 29.5 Å². The molecule has 0 radical (unpaired) electrons. The summed E-state index contributed by atoms with van der Waals surface area (Å²) in [7, 11) is 0. The number of nitrogens with one attached hydrogen (secondary N) is 1. The van der Waals surface area contributed by atoms with Gasteiger partial charge < -0.3 is 32.7 Å². The first-order valence-corrected chi connectivity index (χ1v) is 9.25. The van der Waals surface area contributed by atoms with E-state index in [2.05, 4.69) is 5.32 Å². The average molecular weight is 418 g/mol. The van der Waals surface area contributed by atoms with Crippen LogP contribution >= 0.6 is 0 Å². The molecule has 2 rings (SSSR count). The van der Waals surface area contributed by atoms with Crippen LogP contribution in [0.1, 0.15) is 36.5 Å². The number of hydrogen-bond acceptors (Lipinski definition) is 7. The zero-order valence-corrected chi connectivity index (χ0v) is 17.0. The molecule has 1 amide bonds. The summed E-state index contributed by atoms with van der Waals surface area (Å²) in [5.41, 5.74) is 17.6. The van der Waals surface area contributed by atoms with E-state index in [1.54, 1.807) is 42.5 Å². The second-order valence-corrected chi connectivity index (χ2v) is 6.25. The number of hydrogen-bond donors (Lipinski definition) is 6. The molecule has 9 heteroatoms. The van der Waals surface area contributed by atoms with Crippen LogP contribution in [0.3, 0.4) is 0 Å². The van der Waals surface area contributed by atoms with Crippen molar-refractivity contribution in [3.63, 3.8) is 0 Å². The monoisotopic (exact) mass is 418 g/mol. The van der Waals surface area contributed by atoms with E-state index in [4.69, 9.17) is 27.4 Å². The number of aromatic hydroxyl groups is 1. The smallest absolute Gasteiger partial charge is 0.320 e. The molecule has 0 saturated carbocycles. The molecule has 30 heavy (non-hydrogen) atoms. The molecule has 1 atom stereocenters. The quantitative estimate of drug-likeness (QED) is 0.224. The number of rotatable bonds is 7. The third kappa shape index (κ3) is 13.7. The lowest BCUT2D eigenvalue weighted by atomic mass is 10.1. The van der Waals surface area contributed by atoms with Crippen LogP contribution in [0.25, 0.3) is 0 Å². The van der Waals surface area contributed by atoms with Crippen LogP contribution in [0.2, 0.25) is 0 Å². The molecule has 9 nitrogen and oxygen atoms in total. The number of phenols is 1. The van der Waals surface area contributed by atoms with Crippen molar-refractivity contribution in [1.29, 1.82) is 0 Å². The molecule has 0 aliphatic carbocycles. The predicted molar refractivity (Wildman–Crippen MR) is 117 cm³/mol. The molecule has 0 aliphatic heterocycles. The predicted octanol–water partition coefficient (Wildman–Crippen LogP) is 1.96. The number of phenolic OH excluding ortho intramolecular Hbond substituents is 1. The van der Waals surface area contributed by atoms with Crippen molar-refractivity contribution in [3.05, 3.63) is 54.1 Å². The lowest BCUT2D eigenvalue weighted by Gasteiger charge is -2.03. The number of nitrogen functional groups attached to an aromatic ring is 1. The number of carboxylic acids is 1. The van der Waals surface area contributed by atoms with Crippen molar-refractivity contribution in [2.24, 2.45) is 11.5 Å². The molecule has 0 heterocycles. The first-order chi connectivity index (χ1) is 14.2.